The number of hydrogen-bond donors (Lipinski definition) is 8. The molecule has 3 aromatic carbocycles. The van der Waals surface area contributed by atoms with Gasteiger partial charge in [0.15, 0.2) is 0 Å². The minimum atomic E-state index is -2.60. The Morgan fingerprint density at radius 1 is 0.740 bits per heavy atom. The Balaban J connectivity index is 1.04. The van der Waals surface area contributed by atoms with Gasteiger partial charge in [-0.1, -0.05) is 54.6 Å². The number of carbonyl (C=O) groups excluding carboxylic acids is 3. The first-order valence-electron chi connectivity index (χ1n) is 23.9. The number of nitrogens with one attached hydrogen (secondary N) is 2. The highest BCUT2D eigenvalue weighted by Gasteiger charge is 2.56. The topological polar surface area (TPSA) is 327 Å². The highest BCUT2D eigenvalue weighted by molar-refractivity contribution is 6.31. The average Bonchev–Trinajstić information content (AvgIpc) is 3.44. The number of aliphatic imine (C=N–C) groups is 1. The summed E-state index contributed by atoms with van der Waals surface area (Å²) in [6.07, 6.45) is -7.34. The number of aliphatic hydroxyl groups is 4. The van der Waals surface area contributed by atoms with Gasteiger partial charge < -0.3 is 84.6 Å². The zero-order valence-electron chi connectivity index (χ0n) is 41.5. The molecule has 6 atom stereocenters. The lowest BCUT2D eigenvalue weighted by Gasteiger charge is -2.46. The van der Waals surface area contributed by atoms with Crippen LogP contribution in [0.3, 0.4) is 0 Å². The molecule has 4 rings (SSSR count). The molecule has 0 bridgehead atoms. The van der Waals surface area contributed by atoms with E-state index in [1.54, 1.807) is 12.1 Å². The van der Waals surface area contributed by atoms with Gasteiger partial charge in [0.2, 0.25) is 46.6 Å². The number of amides is 2. The fourth-order valence-electron chi connectivity index (χ4n) is 7.01. The molecule has 0 radical (unpaired) electrons. The molecule has 1 saturated heterocycles. The number of esters is 1. The number of carboxylic acids is 1. The van der Waals surface area contributed by atoms with Crippen molar-refractivity contribution in [2.45, 2.75) is 55.5 Å². The van der Waals surface area contributed by atoms with Crippen molar-refractivity contribution in [1.29, 1.82) is 0 Å². The molecule has 23 nitrogen and oxygen atoms in total. The molecule has 0 aromatic heterocycles. The molecule has 0 saturated carbocycles. The first-order chi connectivity index (χ1) is 37.0. The Hall–Kier alpha value is -6.15. The lowest BCUT2D eigenvalue weighted by molar-refractivity contribution is -0.312. The summed E-state index contributed by atoms with van der Waals surface area (Å²) in [5.74, 6) is -14.8. The number of carbonyl (C=O) groups is 4. The zero-order valence-corrected chi connectivity index (χ0v) is 41.5. The molecule has 3 aromatic rings. The van der Waals surface area contributed by atoms with Crippen molar-refractivity contribution in [1.82, 2.24) is 10.6 Å². The summed E-state index contributed by atoms with van der Waals surface area (Å²) in [6.45, 7) is -0.971. The van der Waals surface area contributed by atoms with Crippen molar-refractivity contribution in [3.63, 3.8) is 0 Å². The van der Waals surface area contributed by atoms with E-state index < -0.39 is 127 Å². The van der Waals surface area contributed by atoms with E-state index in [0.717, 1.165) is 11.1 Å². The molecule has 0 unspecified atom stereocenters. The van der Waals surface area contributed by atoms with Crippen LogP contribution in [0.25, 0.3) is 11.1 Å². The van der Waals surface area contributed by atoms with Crippen LogP contribution in [0.4, 0.5) is 22.0 Å². The number of nitrogens with zero attached hydrogens (tertiary/aromatic N) is 2. The summed E-state index contributed by atoms with van der Waals surface area (Å²) in [7, 11) is 0. The Bertz CT molecular complexity index is 2350. The van der Waals surface area contributed by atoms with Crippen LogP contribution in [0.2, 0.25) is 0 Å². The summed E-state index contributed by atoms with van der Waals surface area (Å²) in [6, 6.07) is 15.3. The van der Waals surface area contributed by atoms with Crippen LogP contribution in [0, 0.1) is 29.1 Å². The van der Waals surface area contributed by atoms with Crippen molar-refractivity contribution in [2.24, 2.45) is 15.9 Å². The third kappa shape index (κ3) is 21.0. The first-order valence-corrected chi connectivity index (χ1v) is 23.9. The Morgan fingerprint density at radius 3 is 1.87 bits per heavy atom. The highest BCUT2D eigenvalue weighted by atomic mass is 19.2. The molecular weight excluding hydrogens is 1040 g/mol. The molecule has 9 N–H and O–H groups in total. The Morgan fingerprint density at radius 2 is 1.29 bits per heavy atom. The van der Waals surface area contributed by atoms with E-state index in [0.29, 0.717) is 5.56 Å². The Kier molecular flexibility index (Phi) is 27.9. The van der Waals surface area contributed by atoms with Gasteiger partial charge in [-0.15, -0.1) is 0 Å². The molecule has 0 spiro atoms. The molecule has 426 valence electrons. The number of rotatable bonds is 36. The standard InChI is InChI=1S/C49H62F5N5O18/c50-39-40(51)42(53)46(43(54)41(39)52)76-38(65)10-12-69-14-16-71-18-19-72-17-15-70-13-11-56-26-33(59-55)29-74-21-20-73-22-23-75-49(48(67)68)25-34(61)44(58-37(64)28-60)47(77-49)45(66)35(62)27-57-36(63)24-30-6-8-32(9-7-30)31-4-2-1-3-5-31/h1-9,26,34-35,44-45,47,60-62,66H,10-25,27-29,55H2,(H,57,63)(H,58,64)(H,67,68)/t34-,35+,44+,45+,47+,49-/m0/s1. The van der Waals surface area contributed by atoms with Gasteiger partial charge in [0.1, 0.15) is 24.5 Å². The van der Waals surface area contributed by atoms with E-state index in [-0.39, 0.29) is 98.0 Å². The van der Waals surface area contributed by atoms with Gasteiger partial charge in [0, 0.05) is 19.2 Å². The molecule has 2 amide bonds. The molecule has 1 heterocycles. The van der Waals surface area contributed by atoms with Crippen molar-refractivity contribution in [2.75, 3.05) is 106 Å². The Labute approximate surface area is 438 Å². The summed E-state index contributed by atoms with van der Waals surface area (Å²) >= 11 is 0. The molecule has 0 aliphatic carbocycles. The number of aliphatic carboxylic acids is 1. The summed E-state index contributed by atoms with van der Waals surface area (Å²) in [5.41, 5.74) is 2.88. The van der Waals surface area contributed by atoms with Crippen LogP contribution in [0.1, 0.15) is 18.4 Å². The molecule has 1 aliphatic heterocycles. The van der Waals surface area contributed by atoms with E-state index in [1.807, 2.05) is 42.5 Å². The van der Waals surface area contributed by atoms with Crippen LogP contribution in [-0.4, -0.2) is 203 Å². The molecular formula is C49H62F5N5O18. The van der Waals surface area contributed by atoms with Crippen LogP contribution < -0.4 is 21.2 Å². The van der Waals surface area contributed by atoms with E-state index >= 15 is 0 Å². The van der Waals surface area contributed by atoms with Gasteiger partial charge >= 0.3 is 11.9 Å². The van der Waals surface area contributed by atoms with Gasteiger partial charge in [0.05, 0.1) is 124 Å². The predicted octanol–water partition coefficient (Wildman–Crippen LogP) is 0.335. The molecule has 77 heavy (non-hydrogen) atoms. The van der Waals surface area contributed by atoms with Gasteiger partial charge in [-0.3, -0.25) is 19.4 Å². The normalized spacial score (nSPS) is 18.5. The maximum absolute atomic E-state index is 13.6. The highest BCUT2D eigenvalue weighted by Crippen LogP contribution is 2.34. The number of hydrazone groups is 1. The van der Waals surface area contributed by atoms with Gasteiger partial charge in [-0.2, -0.15) is 13.9 Å². The molecule has 1 fully saturated rings. The van der Waals surface area contributed by atoms with Crippen molar-refractivity contribution >= 4 is 35.7 Å². The maximum Gasteiger partial charge on any atom is 0.364 e. The van der Waals surface area contributed by atoms with Crippen LogP contribution in [-0.2, 0) is 63.5 Å². The number of benzene rings is 3. The third-order valence-corrected chi connectivity index (χ3v) is 10.9. The minimum Gasteiger partial charge on any atom is -0.477 e. The van der Waals surface area contributed by atoms with Crippen molar-refractivity contribution in [3.8, 4) is 16.9 Å². The van der Waals surface area contributed by atoms with Gasteiger partial charge in [-0.25, -0.2) is 18.0 Å². The SMILES string of the molecule is NN=C(C=NCCOCCOCCOCCOCCC(=O)Oc1c(F)c(F)c(F)c(F)c1F)COCCOCCO[C@@]1(C(=O)O)C[C@H](O)[C@@H](NC(=O)CO)[C@H]([C@H](O)[C@H](O)CNC(=O)Cc2ccc(-c3ccccc3)cc2)O1. The number of nitrogens with two attached hydrogens (primary N) is 1. The average molecular weight is 1100 g/mol. The summed E-state index contributed by atoms with van der Waals surface area (Å²) in [5, 5.41) is 61.1. The van der Waals surface area contributed by atoms with Gasteiger partial charge in [-0.05, 0) is 16.7 Å². The van der Waals surface area contributed by atoms with E-state index in [1.165, 1.54) is 6.21 Å². The smallest absolute Gasteiger partial charge is 0.364 e. The van der Waals surface area contributed by atoms with Crippen molar-refractivity contribution < 1.29 is 109 Å². The third-order valence-electron chi connectivity index (χ3n) is 10.9. The monoisotopic (exact) mass is 1100 g/mol. The summed E-state index contributed by atoms with van der Waals surface area (Å²) < 4.78 is 115. The lowest BCUT2D eigenvalue weighted by atomic mass is 9.88. The number of halogens is 5. The number of ether oxygens (including phenoxy) is 9. The van der Waals surface area contributed by atoms with E-state index in [4.69, 9.17) is 43.7 Å². The zero-order chi connectivity index (χ0) is 56.2. The predicted molar refractivity (Wildman–Crippen MR) is 258 cm³/mol. The van der Waals surface area contributed by atoms with E-state index in [2.05, 4.69) is 25.5 Å². The van der Waals surface area contributed by atoms with Crippen LogP contribution in [0.15, 0.2) is 64.7 Å². The number of hydrogen-bond acceptors (Lipinski definition) is 20. The van der Waals surface area contributed by atoms with E-state index in [9.17, 15) is 66.7 Å². The second-order valence-corrected chi connectivity index (χ2v) is 16.5. The fraction of sp³-hybridized carbons (Fsp3) is 0.510. The number of aliphatic hydroxyl groups excluding tert-OH is 4. The fourth-order valence-corrected chi connectivity index (χ4v) is 7.01. The quantitative estimate of drug-likeness (QED) is 0.00448. The number of carboxylic acid groups (broad SMARTS) is 1. The van der Waals surface area contributed by atoms with Crippen LogP contribution in [0.5, 0.6) is 5.75 Å². The minimum absolute atomic E-state index is 0.0000383. The molecule has 28 heteroatoms. The lowest BCUT2D eigenvalue weighted by Crippen LogP contribution is -2.68. The first kappa shape index (κ1) is 63.4. The largest absolute Gasteiger partial charge is 0.477 e. The van der Waals surface area contributed by atoms with Crippen molar-refractivity contribution in [3.05, 3.63) is 89.2 Å². The van der Waals surface area contributed by atoms with Gasteiger partial charge in [0.25, 0.3) is 5.79 Å². The maximum atomic E-state index is 13.6. The second kappa shape index (κ2) is 33.9. The summed E-state index contributed by atoms with van der Waals surface area (Å²) in [4.78, 5) is 53.4. The second-order valence-electron chi connectivity index (χ2n) is 16.5. The molecule has 1 aliphatic rings. The van der Waals surface area contributed by atoms with Crippen LogP contribution >= 0.6 is 0 Å².